The smallest absolute Gasteiger partial charge is 0.358 e. The highest BCUT2D eigenvalue weighted by molar-refractivity contribution is 5.86. The standard InChI is InChI=1S/C16H18N4O2/c1-22-16(21)14-7-8-15(19-18-14)20-10-9-13(11-20)17-12-5-3-2-4-6-12/h2-8,13,17H,9-11H2,1H3/t13-/m0/s1. The Balaban J connectivity index is 1.61. The van der Waals surface area contributed by atoms with Crippen LogP contribution in [0.2, 0.25) is 0 Å². The van der Waals surface area contributed by atoms with Crippen molar-refractivity contribution in [1.82, 2.24) is 10.2 Å². The number of ether oxygens (including phenoxy) is 1. The van der Waals surface area contributed by atoms with Crippen LogP contribution in [-0.2, 0) is 4.74 Å². The number of nitrogens with zero attached hydrogens (tertiary/aromatic N) is 3. The molecule has 6 heteroatoms. The Labute approximate surface area is 129 Å². The molecule has 1 atom stereocenters. The Kier molecular flexibility index (Phi) is 4.18. The maximum absolute atomic E-state index is 11.4. The quantitative estimate of drug-likeness (QED) is 0.870. The van der Waals surface area contributed by atoms with Crippen LogP contribution in [0.5, 0.6) is 0 Å². The minimum Gasteiger partial charge on any atom is -0.464 e. The second kappa shape index (κ2) is 6.43. The molecule has 0 radical (unpaired) electrons. The Hall–Kier alpha value is -2.63. The van der Waals surface area contributed by atoms with Crippen LogP contribution in [0.4, 0.5) is 11.5 Å². The van der Waals surface area contributed by atoms with Crippen LogP contribution < -0.4 is 10.2 Å². The molecular weight excluding hydrogens is 280 g/mol. The van der Waals surface area contributed by atoms with E-state index in [-0.39, 0.29) is 5.69 Å². The van der Waals surface area contributed by atoms with Crippen LogP contribution in [0.25, 0.3) is 0 Å². The molecule has 2 heterocycles. The van der Waals surface area contributed by atoms with Gasteiger partial charge in [0.25, 0.3) is 0 Å². The molecule has 1 fully saturated rings. The number of aromatic nitrogens is 2. The van der Waals surface area contributed by atoms with Crippen molar-refractivity contribution in [2.75, 3.05) is 30.4 Å². The van der Waals surface area contributed by atoms with E-state index in [1.807, 2.05) is 24.3 Å². The number of benzene rings is 1. The fourth-order valence-electron chi connectivity index (χ4n) is 2.56. The van der Waals surface area contributed by atoms with Crippen molar-refractivity contribution in [3.05, 3.63) is 48.2 Å². The first-order valence-corrected chi connectivity index (χ1v) is 7.25. The van der Waals surface area contributed by atoms with Gasteiger partial charge in [-0.25, -0.2) is 4.79 Å². The lowest BCUT2D eigenvalue weighted by Gasteiger charge is -2.18. The predicted octanol–water partition coefficient (Wildman–Crippen LogP) is 1.95. The molecule has 1 aromatic carbocycles. The summed E-state index contributed by atoms with van der Waals surface area (Å²) in [4.78, 5) is 13.5. The summed E-state index contributed by atoms with van der Waals surface area (Å²) in [5.41, 5.74) is 1.35. The van der Waals surface area contributed by atoms with E-state index < -0.39 is 5.97 Å². The fourth-order valence-corrected chi connectivity index (χ4v) is 2.56. The number of para-hydroxylation sites is 1. The first-order valence-electron chi connectivity index (χ1n) is 7.25. The summed E-state index contributed by atoms with van der Waals surface area (Å²) in [5, 5.41) is 11.6. The highest BCUT2D eigenvalue weighted by Crippen LogP contribution is 2.20. The van der Waals surface area contributed by atoms with Crippen molar-refractivity contribution in [3.8, 4) is 0 Å². The zero-order valence-corrected chi connectivity index (χ0v) is 12.4. The molecular formula is C16H18N4O2. The summed E-state index contributed by atoms with van der Waals surface area (Å²) in [6, 6.07) is 14.0. The lowest BCUT2D eigenvalue weighted by molar-refractivity contribution is 0.0592. The van der Waals surface area contributed by atoms with Crippen molar-refractivity contribution < 1.29 is 9.53 Å². The fraction of sp³-hybridized carbons (Fsp3) is 0.312. The van der Waals surface area contributed by atoms with Gasteiger partial charge in [-0.1, -0.05) is 18.2 Å². The summed E-state index contributed by atoms with van der Waals surface area (Å²) < 4.78 is 4.62. The molecule has 0 unspecified atom stereocenters. The van der Waals surface area contributed by atoms with Crippen LogP contribution in [0.15, 0.2) is 42.5 Å². The molecule has 1 aliphatic heterocycles. The van der Waals surface area contributed by atoms with Gasteiger partial charge in [0, 0.05) is 24.8 Å². The van der Waals surface area contributed by atoms with Crippen molar-refractivity contribution in [3.63, 3.8) is 0 Å². The maximum atomic E-state index is 11.4. The average Bonchev–Trinajstić information content (AvgIpc) is 3.04. The van der Waals surface area contributed by atoms with Crippen molar-refractivity contribution in [2.24, 2.45) is 0 Å². The van der Waals surface area contributed by atoms with Crippen molar-refractivity contribution in [1.29, 1.82) is 0 Å². The largest absolute Gasteiger partial charge is 0.464 e. The van der Waals surface area contributed by atoms with Crippen LogP contribution in [0, 0.1) is 0 Å². The molecule has 3 rings (SSSR count). The Morgan fingerprint density at radius 2 is 2.05 bits per heavy atom. The Bertz CT molecular complexity index is 630. The number of methoxy groups -OCH3 is 1. The number of hydrogen-bond acceptors (Lipinski definition) is 6. The third-order valence-electron chi connectivity index (χ3n) is 3.70. The van der Waals surface area contributed by atoms with Gasteiger partial charge in [0.05, 0.1) is 7.11 Å². The van der Waals surface area contributed by atoms with Crippen LogP contribution in [0.3, 0.4) is 0 Å². The number of anilines is 2. The van der Waals surface area contributed by atoms with Gasteiger partial charge in [-0.3, -0.25) is 0 Å². The van der Waals surface area contributed by atoms with E-state index in [1.54, 1.807) is 6.07 Å². The summed E-state index contributed by atoms with van der Waals surface area (Å²) in [7, 11) is 1.33. The molecule has 0 aliphatic carbocycles. The normalized spacial score (nSPS) is 17.3. The SMILES string of the molecule is COC(=O)c1ccc(N2CC[C@H](Nc3ccccc3)C2)nn1. The molecule has 0 spiro atoms. The molecule has 22 heavy (non-hydrogen) atoms. The highest BCUT2D eigenvalue weighted by Gasteiger charge is 2.23. The lowest BCUT2D eigenvalue weighted by Crippen LogP contribution is -2.26. The number of esters is 1. The summed E-state index contributed by atoms with van der Waals surface area (Å²) in [6.45, 7) is 1.78. The summed E-state index contributed by atoms with van der Waals surface area (Å²) in [5.74, 6) is 0.314. The van der Waals surface area contributed by atoms with Crippen LogP contribution >= 0.6 is 0 Å². The van der Waals surface area contributed by atoms with E-state index in [4.69, 9.17) is 0 Å². The van der Waals surface area contributed by atoms with E-state index in [2.05, 4.69) is 37.3 Å². The zero-order valence-electron chi connectivity index (χ0n) is 12.4. The molecule has 6 nitrogen and oxygen atoms in total. The maximum Gasteiger partial charge on any atom is 0.358 e. The van der Waals surface area contributed by atoms with Gasteiger partial charge in [0.1, 0.15) is 0 Å². The van der Waals surface area contributed by atoms with Gasteiger partial charge in [-0.2, -0.15) is 0 Å². The minimum atomic E-state index is -0.468. The monoisotopic (exact) mass is 298 g/mol. The lowest BCUT2D eigenvalue weighted by atomic mass is 10.2. The van der Waals surface area contributed by atoms with Crippen molar-refractivity contribution >= 4 is 17.5 Å². The molecule has 0 saturated carbocycles. The van der Waals surface area contributed by atoms with Crippen LogP contribution in [-0.4, -0.2) is 42.4 Å². The first kappa shape index (κ1) is 14.3. The molecule has 114 valence electrons. The number of carbonyl (C=O) groups excluding carboxylic acids is 1. The number of carbonyl (C=O) groups is 1. The van der Waals surface area contributed by atoms with E-state index in [9.17, 15) is 4.79 Å². The Morgan fingerprint density at radius 1 is 1.23 bits per heavy atom. The molecule has 1 N–H and O–H groups in total. The molecule has 2 aromatic rings. The third kappa shape index (κ3) is 3.16. The van der Waals surface area contributed by atoms with Crippen molar-refractivity contribution in [2.45, 2.75) is 12.5 Å². The number of hydrogen-bond donors (Lipinski definition) is 1. The Morgan fingerprint density at radius 3 is 2.73 bits per heavy atom. The molecule has 1 aliphatic rings. The molecule has 1 aromatic heterocycles. The summed E-state index contributed by atoms with van der Waals surface area (Å²) in [6.07, 6.45) is 1.04. The van der Waals surface area contributed by atoms with Gasteiger partial charge in [0.2, 0.25) is 0 Å². The molecule has 0 amide bonds. The van der Waals surface area contributed by atoms with Gasteiger partial charge in [-0.15, -0.1) is 10.2 Å². The van der Waals surface area contributed by atoms with Gasteiger partial charge in [0.15, 0.2) is 11.5 Å². The number of rotatable bonds is 4. The van der Waals surface area contributed by atoms with Crippen LogP contribution in [0.1, 0.15) is 16.9 Å². The van der Waals surface area contributed by atoms with E-state index in [0.29, 0.717) is 6.04 Å². The minimum absolute atomic E-state index is 0.226. The first-order chi connectivity index (χ1) is 10.8. The molecule has 1 saturated heterocycles. The topological polar surface area (TPSA) is 67.3 Å². The van der Waals surface area contributed by atoms with Gasteiger partial charge < -0.3 is 15.0 Å². The number of nitrogens with one attached hydrogen (secondary N) is 1. The highest BCUT2D eigenvalue weighted by atomic mass is 16.5. The third-order valence-corrected chi connectivity index (χ3v) is 3.70. The van der Waals surface area contributed by atoms with E-state index in [0.717, 1.165) is 31.0 Å². The second-order valence-electron chi connectivity index (χ2n) is 5.21. The predicted molar refractivity (Wildman–Crippen MR) is 84.1 cm³/mol. The second-order valence-corrected chi connectivity index (χ2v) is 5.21. The zero-order chi connectivity index (χ0) is 15.4. The summed E-state index contributed by atoms with van der Waals surface area (Å²) >= 11 is 0. The molecule has 0 bridgehead atoms. The van der Waals surface area contributed by atoms with Gasteiger partial charge in [-0.05, 0) is 30.7 Å². The van der Waals surface area contributed by atoms with E-state index in [1.165, 1.54) is 7.11 Å². The van der Waals surface area contributed by atoms with E-state index >= 15 is 0 Å². The van der Waals surface area contributed by atoms with Gasteiger partial charge >= 0.3 is 5.97 Å². The average molecular weight is 298 g/mol.